The maximum absolute atomic E-state index is 13.8. The molecule has 0 aliphatic carbocycles. The van der Waals surface area contributed by atoms with E-state index in [9.17, 15) is 9.18 Å². The number of hydrogen-bond donors (Lipinski definition) is 1. The molecule has 21 heavy (non-hydrogen) atoms. The zero-order valence-electron chi connectivity index (χ0n) is 11.8. The third kappa shape index (κ3) is 2.82. The number of hydrogen-bond acceptors (Lipinski definition) is 4. The molecular weight excluding hydrogens is 291 g/mol. The monoisotopic (exact) mass is 308 g/mol. The van der Waals surface area contributed by atoms with Gasteiger partial charge < -0.3 is 10.1 Å². The number of amidine groups is 1. The van der Waals surface area contributed by atoms with Crippen molar-refractivity contribution in [2.24, 2.45) is 4.99 Å². The zero-order valence-corrected chi connectivity index (χ0v) is 12.6. The number of benzene rings is 1. The van der Waals surface area contributed by atoms with Gasteiger partial charge >= 0.3 is 0 Å². The van der Waals surface area contributed by atoms with Gasteiger partial charge in [0.2, 0.25) is 0 Å². The van der Waals surface area contributed by atoms with Gasteiger partial charge in [0.15, 0.2) is 5.17 Å². The van der Waals surface area contributed by atoms with E-state index < -0.39 is 4.75 Å². The van der Waals surface area contributed by atoms with E-state index in [0.717, 1.165) is 0 Å². The van der Waals surface area contributed by atoms with Gasteiger partial charge in [-0.3, -0.25) is 4.79 Å². The third-order valence-electron chi connectivity index (χ3n) is 3.90. The van der Waals surface area contributed by atoms with Gasteiger partial charge in [-0.1, -0.05) is 30.0 Å². The summed E-state index contributed by atoms with van der Waals surface area (Å²) in [5.74, 6) is -0.354. The molecule has 1 spiro atoms. The van der Waals surface area contributed by atoms with Gasteiger partial charge in [0, 0.05) is 18.8 Å². The molecule has 0 aromatic heterocycles. The van der Waals surface area contributed by atoms with Crippen molar-refractivity contribution in [1.29, 1.82) is 0 Å². The van der Waals surface area contributed by atoms with Crippen LogP contribution in [-0.2, 0) is 9.53 Å². The molecule has 6 heteroatoms. The molecule has 2 heterocycles. The molecule has 1 N–H and O–H groups in total. The summed E-state index contributed by atoms with van der Waals surface area (Å²) in [4.78, 5) is 16.3. The molecule has 0 unspecified atom stereocenters. The van der Waals surface area contributed by atoms with Crippen molar-refractivity contribution < 1.29 is 13.9 Å². The molecule has 1 amide bonds. The predicted molar refractivity (Wildman–Crippen MR) is 80.8 cm³/mol. The topological polar surface area (TPSA) is 50.7 Å². The molecule has 1 fully saturated rings. The summed E-state index contributed by atoms with van der Waals surface area (Å²) in [6, 6.07) is 6.39. The quantitative estimate of drug-likeness (QED) is 0.912. The van der Waals surface area contributed by atoms with Crippen LogP contribution in [0.2, 0.25) is 0 Å². The van der Waals surface area contributed by atoms with Crippen molar-refractivity contribution in [2.45, 2.75) is 30.6 Å². The molecule has 1 atom stereocenters. The molecular formula is C15H17FN2O2S. The van der Waals surface area contributed by atoms with Crippen LogP contribution in [-0.4, -0.2) is 29.0 Å². The summed E-state index contributed by atoms with van der Waals surface area (Å²) in [6.07, 6.45) is 1.36. The lowest BCUT2D eigenvalue weighted by Gasteiger charge is -2.29. The van der Waals surface area contributed by atoms with Crippen molar-refractivity contribution in [3.05, 3.63) is 35.6 Å². The summed E-state index contributed by atoms with van der Waals surface area (Å²) in [5.41, 5.74) is 0.571. The minimum atomic E-state index is -0.477. The lowest BCUT2D eigenvalue weighted by Crippen LogP contribution is -2.38. The van der Waals surface area contributed by atoms with E-state index in [0.29, 0.717) is 36.8 Å². The highest BCUT2D eigenvalue weighted by atomic mass is 32.2. The SMILES string of the molecule is C[C@H](NC1=NC(=O)C2(CCOCC2)S1)c1ccccc1F. The van der Waals surface area contributed by atoms with E-state index in [1.807, 2.05) is 6.92 Å². The molecule has 0 bridgehead atoms. The number of carbonyl (C=O) groups is 1. The fourth-order valence-electron chi connectivity index (χ4n) is 2.61. The summed E-state index contributed by atoms with van der Waals surface area (Å²) in [7, 11) is 0. The van der Waals surface area contributed by atoms with Crippen molar-refractivity contribution >= 4 is 22.8 Å². The summed E-state index contributed by atoms with van der Waals surface area (Å²) >= 11 is 1.46. The van der Waals surface area contributed by atoms with Gasteiger partial charge in [0.25, 0.3) is 5.91 Å². The summed E-state index contributed by atoms with van der Waals surface area (Å²) in [5, 5.41) is 3.73. The number of ether oxygens (including phenoxy) is 1. The fraction of sp³-hybridized carbons (Fsp3) is 0.467. The Morgan fingerprint density at radius 3 is 2.81 bits per heavy atom. The van der Waals surface area contributed by atoms with E-state index in [2.05, 4.69) is 10.3 Å². The normalized spacial score (nSPS) is 22.2. The second-order valence-electron chi connectivity index (χ2n) is 5.32. The predicted octanol–water partition coefficient (Wildman–Crippen LogP) is 2.65. The molecule has 2 aliphatic rings. The van der Waals surface area contributed by atoms with E-state index >= 15 is 0 Å². The maximum Gasteiger partial charge on any atom is 0.264 e. The first-order valence-corrected chi connectivity index (χ1v) is 7.83. The Hall–Kier alpha value is -1.40. The minimum Gasteiger partial charge on any atom is -0.381 e. The number of nitrogens with zero attached hydrogens (tertiary/aromatic N) is 1. The van der Waals surface area contributed by atoms with E-state index in [1.165, 1.54) is 17.8 Å². The Kier molecular flexibility index (Phi) is 3.99. The van der Waals surface area contributed by atoms with Crippen LogP contribution in [0.5, 0.6) is 0 Å². The molecule has 4 nitrogen and oxygen atoms in total. The van der Waals surface area contributed by atoms with Crippen LogP contribution >= 0.6 is 11.8 Å². The van der Waals surface area contributed by atoms with E-state index in [4.69, 9.17) is 4.74 Å². The molecule has 1 aromatic carbocycles. The van der Waals surface area contributed by atoms with E-state index in [1.54, 1.807) is 18.2 Å². The Labute approximate surface area is 127 Å². The first-order valence-electron chi connectivity index (χ1n) is 7.02. The Balaban J connectivity index is 1.70. The fourth-order valence-corrected chi connectivity index (χ4v) is 3.85. The third-order valence-corrected chi connectivity index (χ3v) is 5.27. The highest BCUT2D eigenvalue weighted by Crippen LogP contribution is 2.41. The summed E-state index contributed by atoms with van der Waals surface area (Å²) in [6.45, 7) is 3.04. The highest BCUT2D eigenvalue weighted by Gasteiger charge is 2.46. The molecule has 1 saturated heterocycles. The van der Waals surface area contributed by atoms with Crippen LogP contribution < -0.4 is 5.32 Å². The van der Waals surface area contributed by atoms with Crippen LogP contribution in [0.1, 0.15) is 31.4 Å². The first kappa shape index (κ1) is 14.5. The number of aliphatic imine (C=N–C) groups is 1. The number of carbonyl (C=O) groups excluding carboxylic acids is 1. The van der Waals surface area contributed by atoms with Crippen molar-refractivity contribution in [2.75, 3.05) is 13.2 Å². The zero-order chi connectivity index (χ0) is 14.9. The largest absolute Gasteiger partial charge is 0.381 e. The lowest BCUT2D eigenvalue weighted by atomic mass is 9.98. The van der Waals surface area contributed by atoms with Crippen LogP contribution in [0.25, 0.3) is 0 Å². The standard InChI is InChI=1S/C15H17FN2O2S/c1-10(11-4-2-3-5-12(11)16)17-14-18-13(19)15(21-14)6-8-20-9-7-15/h2-5,10H,6-9H2,1H3,(H,17,18,19)/t10-/m0/s1. The van der Waals surface area contributed by atoms with Crippen LogP contribution in [0.4, 0.5) is 4.39 Å². The number of rotatable bonds is 2. The Morgan fingerprint density at radius 2 is 2.10 bits per heavy atom. The van der Waals surface area contributed by atoms with Gasteiger partial charge in [-0.2, -0.15) is 4.99 Å². The number of amides is 1. The van der Waals surface area contributed by atoms with Crippen molar-refractivity contribution in [3.63, 3.8) is 0 Å². The smallest absolute Gasteiger partial charge is 0.264 e. The van der Waals surface area contributed by atoms with Gasteiger partial charge in [-0.15, -0.1) is 0 Å². The highest BCUT2D eigenvalue weighted by molar-refractivity contribution is 8.16. The minimum absolute atomic E-state index is 0.0981. The maximum atomic E-state index is 13.8. The molecule has 1 aromatic rings. The van der Waals surface area contributed by atoms with E-state index in [-0.39, 0.29) is 17.8 Å². The Bertz CT molecular complexity index is 585. The molecule has 0 saturated carbocycles. The first-order chi connectivity index (χ1) is 10.1. The van der Waals surface area contributed by atoms with Crippen LogP contribution in [0.3, 0.4) is 0 Å². The number of nitrogens with one attached hydrogen (secondary N) is 1. The molecule has 0 radical (unpaired) electrons. The lowest BCUT2D eigenvalue weighted by molar-refractivity contribution is -0.122. The van der Waals surface area contributed by atoms with Gasteiger partial charge in [-0.05, 0) is 25.8 Å². The molecule has 3 rings (SSSR count). The molecule has 2 aliphatic heterocycles. The average molecular weight is 308 g/mol. The number of halogens is 1. The van der Waals surface area contributed by atoms with Crippen LogP contribution in [0.15, 0.2) is 29.3 Å². The summed E-state index contributed by atoms with van der Waals surface area (Å²) < 4.78 is 18.6. The van der Waals surface area contributed by atoms with Crippen LogP contribution in [0, 0.1) is 5.82 Å². The van der Waals surface area contributed by atoms with Gasteiger partial charge in [-0.25, -0.2) is 4.39 Å². The van der Waals surface area contributed by atoms with Crippen molar-refractivity contribution in [1.82, 2.24) is 5.32 Å². The Morgan fingerprint density at radius 1 is 1.38 bits per heavy atom. The average Bonchev–Trinajstić information content (AvgIpc) is 2.75. The number of thioether (sulfide) groups is 1. The van der Waals surface area contributed by atoms with Crippen molar-refractivity contribution in [3.8, 4) is 0 Å². The second-order valence-corrected chi connectivity index (χ2v) is 6.69. The van der Waals surface area contributed by atoms with Gasteiger partial charge in [0.1, 0.15) is 10.6 Å². The van der Waals surface area contributed by atoms with Gasteiger partial charge in [0.05, 0.1) is 6.04 Å². The molecule has 112 valence electrons. The second kappa shape index (κ2) is 5.77.